The van der Waals surface area contributed by atoms with E-state index in [9.17, 15) is 0 Å². The molecule has 4 heteroatoms. The largest absolute Gasteiger partial charge is 0.508 e. The molecule has 56 valence electrons. The molecule has 1 aromatic carbocycles. The summed E-state index contributed by atoms with van der Waals surface area (Å²) in [6.07, 6.45) is 0. The SMILES string of the molecule is Oc1ccc2noc(Br)c2c1. The zero-order chi connectivity index (χ0) is 7.84. The second kappa shape index (κ2) is 2.23. The number of phenols is 1. The summed E-state index contributed by atoms with van der Waals surface area (Å²) in [7, 11) is 0. The maximum absolute atomic E-state index is 9.08. The van der Waals surface area contributed by atoms with Crippen molar-refractivity contribution in [2.75, 3.05) is 0 Å². The minimum atomic E-state index is 0.210. The third-order valence-corrected chi connectivity index (χ3v) is 1.99. The monoisotopic (exact) mass is 213 g/mol. The van der Waals surface area contributed by atoms with Gasteiger partial charge in [-0.25, -0.2) is 0 Å². The molecule has 0 unspecified atom stereocenters. The summed E-state index contributed by atoms with van der Waals surface area (Å²) in [6.45, 7) is 0. The molecular weight excluding hydrogens is 210 g/mol. The molecule has 11 heavy (non-hydrogen) atoms. The van der Waals surface area contributed by atoms with Crippen LogP contribution < -0.4 is 0 Å². The van der Waals surface area contributed by atoms with Gasteiger partial charge in [-0.2, -0.15) is 0 Å². The van der Waals surface area contributed by atoms with Gasteiger partial charge in [0.25, 0.3) is 0 Å². The van der Waals surface area contributed by atoms with Crippen LogP contribution in [0.15, 0.2) is 27.4 Å². The van der Waals surface area contributed by atoms with Crippen LogP contribution in [0.3, 0.4) is 0 Å². The zero-order valence-electron chi connectivity index (χ0n) is 5.41. The lowest BCUT2D eigenvalue weighted by molar-refractivity contribution is 0.408. The highest BCUT2D eigenvalue weighted by Crippen LogP contribution is 2.26. The number of hydrogen-bond donors (Lipinski definition) is 1. The number of nitrogens with zero attached hydrogens (tertiary/aromatic N) is 1. The predicted molar refractivity (Wildman–Crippen MR) is 43.4 cm³/mol. The van der Waals surface area contributed by atoms with Crippen molar-refractivity contribution >= 4 is 26.8 Å². The van der Waals surface area contributed by atoms with Crippen LogP contribution in [0.4, 0.5) is 0 Å². The molecule has 1 heterocycles. The Labute approximate surface area is 70.7 Å². The van der Waals surface area contributed by atoms with Gasteiger partial charge in [-0.05, 0) is 34.1 Å². The van der Waals surface area contributed by atoms with Gasteiger partial charge in [0.05, 0.1) is 5.39 Å². The van der Waals surface area contributed by atoms with Crippen molar-refractivity contribution in [2.24, 2.45) is 0 Å². The van der Waals surface area contributed by atoms with Crippen LogP contribution in [0.2, 0.25) is 0 Å². The summed E-state index contributed by atoms with van der Waals surface area (Å²) < 4.78 is 5.37. The molecule has 0 aliphatic rings. The Hall–Kier alpha value is -1.03. The summed E-state index contributed by atoms with van der Waals surface area (Å²) in [4.78, 5) is 0. The molecule has 0 fully saturated rings. The Morgan fingerprint density at radius 1 is 1.45 bits per heavy atom. The Bertz CT molecular complexity index is 396. The molecule has 2 rings (SSSR count). The smallest absolute Gasteiger partial charge is 0.209 e. The Morgan fingerprint density at radius 3 is 3.09 bits per heavy atom. The van der Waals surface area contributed by atoms with E-state index in [4.69, 9.17) is 9.63 Å². The highest BCUT2D eigenvalue weighted by molar-refractivity contribution is 9.10. The van der Waals surface area contributed by atoms with E-state index in [2.05, 4.69) is 21.1 Å². The van der Waals surface area contributed by atoms with Gasteiger partial charge in [0.15, 0.2) is 0 Å². The van der Waals surface area contributed by atoms with Crippen molar-refractivity contribution in [3.8, 4) is 5.75 Å². The van der Waals surface area contributed by atoms with Crippen molar-refractivity contribution in [1.82, 2.24) is 5.16 Å². The first kappa shape index (κ1) is 6.67. The lowest BCUT2D eigenvalue weighted by Gasteiger charge is -1.88. The van der Waals surface area contributed by atoms with Crippen molar-refractivity contribution in [3.63, 3.8) is 0 Å². The van der Waals surface area contributed by atoms with Crippen LogP contribution in [-0.4, -0.2) is 10.3 Å². The van der Waals surface area contributed by atoms with E-state index < -0.39 is 0 Å². The van der Waals surface area contributed by atoms with Crippen LogP contribution in [0.5, 0.6) is 5.75 Å². The summed E-state index contributed by atoms with van der Waals surface area (Å²) in [5.74, 6) is 0.210. The van der Waals surface area contributed by atoms with Crippen molar-refractivity contribution < 1.29 is 9.63 Å². The van der Waals surface area contributed by atoms with Crippen LogP contribution in [0.1, 0.15) is 0 Å². The van der Waals surface area contributed by atoms with E-state index in [1.807, 2.05) is 0 Å². The average molecular weight is 214 g/mol. The van der Waals surface area contributed by atoms with Gasteiger partial charge in [-0.3, -0.25) is 0 Å². The standard InChI is InChI=1S/C7H4BrNO2/c8-7-5-3-4(10)1-2-6(5)9-11-7/h1-3,10H. The topological polar surface area (TPSA) is 46.3 Å². The summed E-state index contributed by atoms with van der Waals surface area (Å²) in [5.41, 5.74) is 0.731. The van der Waals surface area contributed by atoms with Crippen molar-refractivity contribution in [3.05, 3.63) is 22.9 Å². The van der Waals surface area contributed by atoms with Gasteiger partial charge in [0, 0.05) is 0 Å². The van der Waals surface area contributed by atoms with E-state index >= 15 is 0 Å². The molecule has 0 amide bonds. The van der Waals surface area contributed by atoms with E-state index in [0.29, 0.717) is 4.67 Å². The van der Waals surface area contributed by atoms with Crippen molar-refractivity contribution in [1.29, 1.82) is 0 Å². The van der Waals surface area contributed by atoms with E-state index in [-0.39, 0.29) is 5.75 Å². The molecule has 0 saturated carbocycles. The fourth-order valence-electron chi connectivity index (χ4n) is 0.899. The molecule has 0 spiro atoms. The molecule has 0 atom stereocenters. The summed E-state index contributed by atoms with van der Waals surface area (Å²) in [5, 5.41) is 13.6. The number of aromatic nitrogens is 1. The highest BCUT2D eigenvalue weighted by Gasteiger charge is 2.04. The Balaban J connectivity index is 2.87. The van der Waals surface area contributed by atoms with Crippen LogP contribution in [0.25, 0.3) is 10.9 Å². The summed E-state index contributed by atoms with van der Waals surface area (Å²) in [6, 6.07) is 4.85. The maximum Gasteiger partial charge on any atom is 0.209 e. The number of benzene rings is 1. The first-order chi connectivity index (χ1) is 5.27. The summed E-state index contributed by atoms with van der Waals surface area (Å²) >= 11 is 3.16. The van der Waals surface area contributed by atoms with E-state index in [1.54, 1.807) is 18.2 Å². The first-order valence-electron chi connectivity index (χ1n) is 3.01. The number of aromatic hydroxyl groups is 1. The zero-order valence-corrected chi connectivity index (χ0v) is 7.00. The van der Waals surface area contributed by atoms with Crippen molar-refractivity contribution in [2.45, 2.75) is 0 Å². The number of fused-ring (bicyclic) bond motifs is 1. The van der Waals surface area contributed by atoms with Gasteiger partial charge in [0.2, 0.25) is 4.67 Å². The number of phenolic OH excluding ortho intramolecular Hbond substituents is 1. The maximum atomic E-state index is 9.08. The molecule has 3 nitrogen and oxygen atoms in total. The minimum absolute atomic E-state index is 0.210. The highest BCUT2D eigenvalue weighted by atomic mass is 79.9. The van der Waals surface area contributed by atoms with Gasteiger partial charge in [-0.1, -0.05) is 5.16 Å². The lowest BCUT2D eigenvalue weighted by atomic mass is 10.2. The van der Waals surface area contributed by atoms with Gasteiger partial charge < -0.3 is 9.63 Å². The molecule has 0 radical (unpaired) electrons. The normalized spacial score (nSPS) is 10.6. The van der Waals surface area contributed by atoms with Gasteiger partial charge in [0.1, 0.15) is 11.3 Å². The van der Waals surface area contributed by atoms with Crippen LogP contribution in [-0.2, 0) is 0 Å². The fraction of sp³-hybridized carbons (Fsp3) is 0. The van der Waals surface area contributed by atoms with Gasteiger partial charge >= 0.3 is 0 Å². The third kappa shape index (κ3) is 0.991. The quantitative estimate of drug-likeness (QED) is 0.731. The fourth-order valence-corrected chi connectivity index (χ4v) is 1.29. The molecule has 0 bridgehead atoms. The molecular formula is C7H4BrNO2. The molecule has 1 N–H and O–H groups in total. The molecule has 0 aliphatic heterocycles. The second-order valence-electron chi connectivity index (χ2n) is 2.16. The van der Waals surface area contributed by atoms with E-state index in [1.165, 1.54) is 0 Å². The molecule has 1 aromatic heterocycles. The van der Waals surface area contributed by atoms with Gasteiger partial charge in [-0.15, -0.1) is 0 Å². The molecule has 0 saturated heterocycles. The second-order valence-corrected chi connectivity index (χ2v) is 2.88. The van der Waals surface area contributed by atoms with Crippen LogP contribution in [0, 0.1) is 0 Å². The predicted octanol–water partition coefficient (Wildman–Crippen LogP) is 2.30. The lowest BCUT2D eigenvalue weighted by Crippen LogP contribution is -1.66. The number of halogens is 1. The average Bonchev–Trinajstić information content (AvgIpc) is 2.33. The third-order valence-electron chi connectivity index (χ3n) is 1.42. The molecule has 2 aromatic rings. The minimum Gasteiger partial charge on any atom is -0.508 e. The van der Waals surface area contributed by atoms with E-state index in [0.717, 1.165) is 10.9 Å². The number of hydrogen-bond acceptors (Lipinski definition) is 3. The van der Waals surface area contributed by atoms with Crippen LogP contribution >= 0.6 is 15.9 Å². The first-order valence-corrected chi connectivity index (χ1v) is 3.80. The Morgan fingerprint density at radius 2 is 2.27 bits per heavy atom. The Kier molecular flexibility index (Phi) is 1.35. The number of rotatable bonds is 0. The molecule has 0 aliphatic carbocycles.